The molecule has 0 aliphatic carbocycles. The van der Waals surface area contributed by atoms with Gasteiger partial charge in [-0.2, -0.15) is 5.10 Å². The lowest BCUT2D eigenvalue weighted by molar-refractivity contribution is -0.115. The maximum Gasteiger partial charge on any atom is 0.226 e. The number of carbonyl (C=O) groups is 1. The first-order valence-corrected chi connectivity index (χ1v) is 9.81. The van der Waals surface area contributed by atoms with Crippen LogP contribution in [0.5, 0.6) is 0 Å². The summed E-state index contributed by atoms with van der Waals surface area (Å²) in [6.45, 7) is 1.83. The Balaban J connectivity index is 1.70. The van der Waals surface area contributed by atoms with Crippen LogP contribution in [0.3, 0.4) is 0 Å². The molecule has 0 saturated heterocycles. The number of hydrogen-bond donors (Lipinski definition) is 1. The molecular weight excluding hydrogens is 350 g/mol. The van der Waals surface area contributed by atoms with Crippen molar-refractivity contribution in [2.45, 2.75) is 18.2 Å². The van der Waals surface area contributed by atoms with Crippen LogP contribution >= 0.6 is 0 Å². The molecule has 0 bridgehead atoms. The molecule has 0 atom stereocenters. The van der Waals surface area contributed by atoms with Crippen molar-refractivity contribution in [2.75, 3.05) is 11.1 Å². The van der Waals surface area contributed by atoms with Gasteiger partial charge in [0.15, 0.2) is 9.84 Å². The fourth-order valence-corrected chi connectivity index (χ4v) is 3.79. The zero-order chi connectivity index (χ0) is 18.6. The summed E-state index contributed by atoms with van der Waals surface area (Å²) in [6.07, 6.45) is -0.129. The van der Waals surface area contributed by atoms with E-state index in [1.54, 1.807) is 28.9 Å². The Labute approximate surface area is 152 Å². The molecule has 0 aliphatic heterocycles. The van der Waals surface area contributed by atoms with Crippen molar-refractivity contribution in [1.29, 1.82) is 0 Å². The average Bonchev–Trinajstić information content (AvgIpc) is 3.02. The first-order chi connectivity index (χ1) is 12.5. The summed E-state index contributed by atoms with van der Waals surface area (Å²) in [5, 5.41) is 7.13. The van der Waals surface area contributed by atoms with Crippen molar-refractivity contribution in [3.63, 3.8) is 0 Å². The summed E-state index contributed by atoms with van der Waals surface area (Å²) in [5.74, 6) is -0.112. The van der Waals surface area contributed by atoms with Gasteiger partial charge in [0.05, 0.1) is 22.0 Å². The van der Waals surface area contributed by atoms with Gasteiger partial charge in [0, 0.05) is 12.5 Å². The molecule has 1 amide bonds. The first kappa shape index (κ1) is 17.9. The van der Waals surface area contributed by atoms with E-state index in [0.717, 1.165) is 11.4 Å². The monoisotopic (exact) mass is 369 g/mol. The summed E-state index contributed by atoms with van der Waals surface area (Å²) in [5.41, 5.74) is 1.56. The van der Waals surface area contributed by atoms with Gasteiger partial charge in [0.25, 0.3) is 0 Å². The summed E-state index contributed by atoms with van der Waals surface area (Å²) in [7, 11) is -3.49. The third-order valence-corrected chi connectivity index (χ3v) is 5.53. The maximum atomic E-state index is 12.3. The van der Waals surface area contributed by atoms with E-state index in [-0.39, 0.29) is 23.0 Å². The minimum absolute atomic E-state index is 0.129. The molecule has 134 valence electrons. The third-order valence-electron chi connectivity index (χ3n) is 3.80. The van der Waals surface area contributed by atoms with Crippen LogP contribution in [0.1, 0.15) is 12.1 Å². The average molecular weight is 369 g/mol. The molecule has 0 unspecified atom stereocenters. The minimum atomic E-state index is -3.49. The van der Waals surface area contributed by atoms with Gasteiger partial charge in [-0.3, -0.25) is 4.79 Å². The van der Waals surface area contributed by atoms with Crippen LogP contribution < -0.4 is 5.32 Å². The van der Waals surface area contributed by atoms with Crippen molar-refractivity contribution in [1.82, 2.24) is 9.78 Å². The number of aryl methyl sites for hydroxylation is 1. The molecule has 7 heteroatoms. The van der Waals surface area contributed by atoms with Crippen LogP contribution in [0.25, 0.3) is 5.69 Å². The van der Waals surface area contributed by atoms with Gasteiger partial charge >= 0.3 is 0 Å². The molecular formula is C19H19N3O3S. The molecule has 0 radical (unpaired) electrons. The van der Waals surface area contributed by atoms with E-state index in [1.807, 2.05) is 37.3 Å². The second-order valence-electron chi connectivity index (χ2n) is 5.85. The van der Waals surface area contributed by atoms with E-state index in [0.29, 0.717) is 5.82 Å². The second-order valence-corrected chi connectivity index (χ2v) is 7.96. The number of para-hydroxylation sites is 1. The number of carbonyl (C=O) groups excluding carboxylic acids is 1. The lowest BCUT2D eigenvalue weighted by Crippen LogP contribution is -2.19. The number of amides is 1. The lowest BCUT2D eigenvalue weighted by atomic mass is 10.3. The molecule has 26 heavy (non-hydrogen) atoms. The van der Waals surface area contributed by atoms with Crippen molar-refractivity contribution < 1.29 is 13.2 Å². The summed E-state index contributed by atoms with van der Waals surface area (Å²) >= 11 is 0. The standard InChI is InChI=1S/C19H19N3O3S/c1-15-14-18(22(21-15)16-8-4-2-5-9-16)20-19(23)12-13-26(24,25)17-10-6-3-7-11-17/h2-11,14H,12-13H2,1H3,(H,20,23). The highest BCUT2D eigenvalue weighted by atomic mass is 32.2. The molecule has 1 aromatic heterocycles. The van der Waals surface area contributed by atoms with E-state index >= 15 is 0 Å². The van der Waals surface area contributed by atoms with E-state index in [1.165, 1.54) is 12.1 Å². The minimum Gasteiger partial charge on any atom is -0.311 e. The van der Waals surface area contributed by atoms with Gasteiger partial charge in [0.1, 0.15) is 5.82 Å². The highest BCUT2D eigenvalue weighted by molar-refractivity contribution is 7.91. The van der Waals surface area contributed by atoms with E-state index in [9.17, 15) is 13.2 Å². The Morgan fingerprint density at radius 3 is 2.31 bits per heavy atom. The normalized spacial score (nSPS) is 11.3. The molecule has 3 aromatic rings. The predicted molar refractivity (Wildman–Crippen MR) is 100 cm³/mol. The fourth-order valence-electron chi connectivity index (χ4n) is 2.53. The lowest BCUT2D eigenvalue weighted by Gasteiger charge is -2.09. The Morgan fingerprint density at radius 2 is 1.65 bits per heavy atom. The van der Waals surface area contributed by atoms with Gasteiger partial charge in [-0.15, -0.1) is 0 Å². The molecule has 0 aliphatic rings. The molecule has 6 nitrogen and oxygen atoms in total. The number of sulfone groups is 1. The Bertz CT molecular complexity index is 997. The van der Waals surface area contributed by atoms with Crippen molar-refractivity contribution >= 4 is 21.6 Å². The van der Waals surface area contributed by atoms with E-state index in [2.05, 4.69) is 10.4 Å². The highest BCUT2D eigenvalue weighted by Gasteiger charge is 2.17. The SMILES string of the molecule is Cc1cc(NC(=O)CCS(=O)(=O)c2ccccc2)n(-c2ccccc2)n1. The maximum absolute atomic E-state index is 12.3. The number of anilines is 1. The van der Waals surface area contributed by atoms with Gasteiger partial charge in [-0.25, -0.2) is 13.1 Å². The van der Waals surface area contributed by atoms with Crippen LogP contribution in [0, 0.1) is 6.92 Å². The number of nitrogens with zero attached hydrogens (tertiary/aromatic N) is 2. The summed E-state index contributed by atoms with van der Waals surface area (Å²) in [6, 6.07) is 19.3. The zero-order valence-electron chi connectivity index (χ0n) is 14.3. The molecule has 3 rings (SSSR count). The second kappa shape index (κ2) is 7.53. The van der Waals surface area contributed by atoms with Gasteiger partial charge in [-0.1, -0.05) is 36.4 Å². The van der Waals surface area contributed by atoms with Crippen LogP contribution in [0.15, 0.2) is 71.6 Å². The highest BCUT2D eigenvalue weighted by Crippen LogP contribution is 2.17. The number of benzene rings is 2. The quantitative estimate of drug-likeness (QED) is 0.724. The van der Waals surface area contributed by atoms with Crippen LogP contribution in [0.4, 0.5) is 5.82 Å². The molecule has 0 fully saturated rings. The molecule has 0 spiro atoms. The van der Waals surface area contributed by atoms with Crippen LogP contribution in [-0.4, -0.2) is 29.9 Å². The summed E-state index contributed by atoms with van der Waals surface area (Å²) in [4.78, 5) is 12.5. The van der Waals surface area contributed by atoms with Gasteiger partial charge in [0.2, 0.25) is 5.91 Å². The summed E-state index contributed by atoms with van der Waals surface area (Å²) < 4.78 is 26.2. The smallest absolute Gasteiger partial charge is 0.226 e. The Morgan fingerprint density at radius 1 is 1.04 bits per heavy atom. The van der Waals surface area contributed by atoms with Crippen LogP contribution in [0.2, 0.25) is 0 Å². The molecule has 1 N–H and O–H groups in total. The predicted octanol–water partition coefficient (Wildman–Crippen LogP) is 2.98. The molecule has 2 aromatic carbocycles. The van der Waals surface area contributed by atoms with E-state index < -0.39 is 9.84 Å². The number of nitrogens with one attached hydrogen (secondary N) is 1. The molecule has 0 saturated carbocycles. The zero-order valence-corrected chi connectivity index (χ0v) is 15.1. The number of aromatic nitrogens is 2. The van der Waals surface area contributed by atoms with Crippen molar-refractivity contribution in [3.05, 3.63) is 72.4 Å². The number of rotatable bonds is 6. The van der Waals surface area contributed by atoms with Crippen molar-refractivity contribution in [2.24, 2.45) is 0 Å². The van der Waals surface area contributed by atoms with Gasteiger partial charge in [-0.05, 0) is 31.2 Å². The molecule has 1 heterocycles. The van der Waals surface area contributed by atoms with E-state index in [4.69, 9.17) is 0 Å². The fraction of sp³-hybridized carbons (Fsp3) is 0.158. The van der Waals surface area contributed by atoms with Gasteiger partial charge < -0.3 is 5.32 Å². The van der Waals surface area contributed by atoms with Crippen molar-refractivity contribution in [3.8, 4) is 5.69 Å². The first-order valence-electron chi connectivity index (χ1n) is 8.15. The third kappa shape index (κ3) is 4.18. The topological polar surface area (TPSA) is 81.1 Å². The van der Waals surface area contributed by atoms with Crippen LogP contribution in [-0.2, 0) is 14.6 Å². The Kier molecular flexibility index (Phi) is 5.18. The Hall–Kier alpha value is -2.93. The largest absolute Gasteiger partial charge is 0.311 e. The number of hydrogen-bond acceptors (Lipinski definition) is 4.